The zero-order valence-electron chi connectivity index (χ0n) is 11.4. The fourth-order valence-electron chi connectivity index (χ4n) is 1.88. The molecule has 0 unspecified atom stereocenters. The molecule has 5 nitrogen and oxygen atoms in total. The lowest BCUT2D eigenvalue weighted by atomic mass is 10.1. The first-order valence-electron chi connectivity index (χ1n) is 6.17. The van der Waals surface area contributed by atoms with Gasteiger partial charge in [-0.1, -0.05) is 6.07 Å². The molecule has 0 aliphatic rings. The van der Waals surface area contributed by atoms with Gasteiger partial charge in [-0.3, -0.25) is 0 Å². The quantitative estimate of drug-likeness (QED) is 0.905. The highest BCUT2D eigenvalue weighted by atomic mass is 16.5. The molecule has 0 fully saturated rings. The van der Waals surface area contributed by atoms with Crippen molar-refractivity contribution in [2.75, 3.05) is 7.11 Å². The second kappa shape index (κ2) is 5.75. The maximum absolute atomic E-state index is 5.85. The molecule has 2 rings (SSSR count). The Bertz CT molecular complexity index is 552. The first-order valence-corrected chi connectivity index (χ1v) is 6.17. The van der Waals surface area contributed by atoms with E-state index in [4.69, 9.17) is 10.5 Å². The van der Waals surface area contributed by atoms with Crippen molar-refractivity contribution in [2.24, 2.45) is 5.73 Å². The van der Waals surface area contributed by atoms with Crippen molar-refractivity contribution < 1.29 is 4.74 Å². The summed E-state index contributed by atoms with van der Waals surface area (Å²) in [5, 5.41) is 0. The number of ether oxygens (including phenoxy) is 1. The Morgan fingerprint density at radius 2 is 2.05 bits per heavy atom. The van der Waals surface area contributed by atoms with E-state index < -0.39 is 0 Å². The van der Waals surface area contributed by atoms with Crippen LogP contribution < -0.4 is 10.5 Å². The van der Waals surface area contributed by atoms with Crippen LogP contribution in [0.1, 0.15) is 35.6 Å². The number of hydrogen-bond acceptors (Lipinski definition) is 5. The maximum Gasteiger partial charge on any atom is 0.212 e. The molecule has 0 amide bonds. The Labute approximate surface area is 112 Å². The molecule has 0 aliphatic heterocycles. The Morgan fingerprint density at radius 1 is 1.26 bits per heavy atom. The molecule has 0 aliphatic carbocycles. The van der Waals surface area contributed by atoms with E-state index in [2.05, 4.69) is 15.0 Å². The van der Waals surface area contributed by atoms with Crippen LogP contribution in [0.15, 0.2) is 24.5 Å². The molecule has 2 aromatic rings. The van der Waals surface area contributed by atoms with Gasteiger partial charge in [0.2, 0.25) is 5.88 Å². The average Bonchev–Trinajstić information content (AvgIpc) is 2.39. The summed E-state index contributed by atoms with van der Waals surface area (Å²) in [5.74, 6) is 1.38. The third-order valence-electron chi connectivity index (χ3n) is 2.93. The fraction of sp³-hybridized carbons (Fsp3) is 0.357. The van der Waals surface area contributed by atoms with Crippen molar-refractivity contribution in [3.8, 4) is 5.88 Å². The highest BCUT2D eigenvalue weighted by molar-refractivity contribution is 5.23. The smallest absolute Gasteiger partial charge is 0.212 e. The van der Waals surface area contributed by atoms with E-state index in [0.717, 1.165) is 22.6 Å². The first kappa shape index (κ1) is 13.4. The number of nitrogens with zero attached hydrogens (tertiary/aromatic N) is 3. The molecule has 1 atom stereocenters. The molecule has 2 N–H and O–H groups in total. The van der Waals surface area contributed by atoms with Crippen LogP contribution in [0.3, 0.4) is 0 Å². The molecule has 0 saturated heterocycles. The molecule has 0 aromatic carbocycles. The van der Waals surface area contributed by atoms with Crippen LogP contribution in [-0.4, -0.2) is 22.1 Å². The van der Waals surface area contributed by atoms with Gasteiger partial charge in [-0.05, 0) is 19.4 Å². The zero-order valence-corrected chi connectivity index (χ0v) is 11.4. The van der Waals surface area contributed by atoms with E-state index in [1.807, 2.05) is 26.0 Å². The second-order valence-electron chi connectivity index (χ2n) is 4.50. The lowest BCUT2D eigenvalue weighted by Gasteiger charge is -2.09. The molecule has 0 bridgehead atoms. The highest BCUT2D eigenvalue weighted by Crippen LogP contribution is 2.14. The van der Waals surface area contributed by atoms with E-state index >= 15 is 0 Å². The summed E-state index contributed by atoms with van der Waals surface area (Å²) in [6.45, 7) is 3.88. The van der Waals surface area contributed by atoms with Crippen molar-refractivity contribution in [2.45, 2.75) is 26.3 Å². The summed E-state index contributed by atoms with van der Waals surface area (Å²) in [4.78, 5) is 13.0. The molecule has 100 valence electrons. The van der Waals surface area contributed by atoms with Crippen molar-refractivity contribution in [1.29, 1.82) is 0 Å². The summed E-state index contributed by atoms with van der Waals surface area (Å²) in [6, 6.07) is 3.75. The molecule has 19 heavy (non-hydrogen) atoms. The minimum Gasteiger partial charge on any atom is -0.481 e. The summed E-state index contributed by atoms with van der Waals surface area (Å²) in [5.41, 5.74) is 8.81. The third-order valence-corrected chi connectivity index (χ3v) is 2.93. The van der Waals surface area contributed by atoms with E-state index in [0.29, 0.717) is 12.3 Å². The molecular formula is C14H18N4O. The monoisotopic (exact) mass is 258 g/mol. The van der Waals surface area contributed by atoms with Gasteiger partial charge in [-0.25, -0.2) is 15.0 Å². The van der Waals surface area contributed by atoms with Gasteiger partial charge in [0.1, 0.15) is 5.82 Å². The number of methoxy groups -OCH3 is 1. The van der Waals surface area contributed by atoms with Gasteiger partial charge in [0.05, 0.1) is 7.11 Å². The zero-order chi connectivity index (χ0) is 13.8. The summed E-state index contributed by atoms with van der Waals surface area (Å²) in [6.07, 6.45) is 4.23. The van der Waals surface area contributed by atoms with Gasteiger partial charge in [0.25, 0.3) is 0 Å². The van der Waals surface area contributed by atoms with Crippen molar-refractivity contribution in [3.05, 3.63) is 47.2 Å². The summed E-state index contributed by atoms with van der Waals surface area (Å²) < 4.78 is 5.02. The topological polar surface area (TPSA) is 73.9 Å². The minimum atomic E-state index is -0.0447. The third kappa shape index (κ3) is 3.26. The Balaban J connectivity index is 2.16. The van der Waals surface area contributed by atoms with Crippen molar-refractivity contribution in [1.82, 2.24) is 15.0 Å². The fourth-order valence-corrected chi connectivity index (χ4v) is 1.88. The standard InChI is InChI=1S/C14H18N4O/c1-9(15)12-8-16-13(18-10(12)2)6-11-4-5-14(19-3)17-7-11/h4-5,7-9H,6,15H2,1-3H3/t9-/m0/s1. The Hall–Kier alpha value is -2.01. The summed E-state index contributed by atoms with van der Waals surface area (Å²) in [7, 11) is 1.60. The van der Waals surface area contributed by atoms with Crippen molar-refractivity contribution >= 4 is 0 Å². The lowest BCUT2D eigenvalue weighted by molar-refractivity contribution is 0.397. The van der Waals surface area contributed by atoms with Gasteiger partial charge in [-0.15, -0.1) is 0 Å². The van der Waals surface area contributed by atoms with E-state index in [1.54, 1.807) is 19.5 Å². The van der Waals surface area contributed by atoms with Gasteiger partial charge in [0.15, 0.2) is 0 Å². The molecule has 0 saturated carbocycles. The van der Waals surface area contributed by atoms with E-state index in [1.165, 1.54) is 0 Å². The van der Waals surface area contributed by atoms with Crippen LogP contribution in [-0.2, 0) is 6.42 Å². The number of rotatable bonds is 4. The molecule has 2 heterocycles. The predicted molar refractivity (Wildman–Crippen MR) is 73.0 cm³/mol. The molecule has 2 aromatic heterocycles. The van der Waals surface area contributed by atoms with Crippen LogP contribution >= 0.6 is 0 Å². The van der Waals surface area contributed by atoms with Crippen LogP contribution in [0.5, 0.6) is 5.88 Å². The van der Waals surface area contributed by atoms with Crippen LogP contribution in [0.25, 0.3) is 0 Å². The summed E-state index contributed by atoms with van der Waals surface area (Å²) >= 11 is 0. The Kier molecular flexibility index (Phi) is 4.06. The average molecular weight is 258 g/mol. The number of nitrogens with two attached hydrogens (primary N) is 1. The first-order chi connectivity index (χ1) is 9.10. The molecule has 0 spiro atoms. The van der Waals surface area contributed by atoms with Gasteiger partial charge in [-0.2, -0.15) is 0 Å². The lowest BCUT2D eigenvalue weighted by Crippen LogP contribution is -2.10. The maximum atomic E-state index is 5.85. The number of pyridine rings is 1. The van der Waals surface area contributed by atoms with Crippen molar-refractivity contribution in [3.63, 3.8) is 0 Å². The molecular weight excluding hydrogens is 240 g/mol. The predicted octanol–water partition coefficient (Wildman–Crippen LogP) is 1.80. The normalized spacial score (nSPS) is 12.2. The van der Waals surface area contributed by atoms with Gasteiger partial charge < -0.3 is 10.5 Å². The number of aryl methyl sites for hydroxylation is 1. The molecule has 5 heteroatoms. The minimum absolute atomic E-state index is 0.0447. The van der Waals surface area contributed by atoms with Crippen LogP contribution in [0, 0.1) is 6.92 Å². The molecule has 0 radical (unpaired) electrons. The van der Waals surface area contributed by atoms with Gasteiger partial charge in [0, 0.05) is 42.2 Å². The highest BCUT2D eigenvalue weighted by Gasteiger charge is 2.08. The number of hydrogen-bond donors (Lipinski definition) is 1. The Morgan fingerprint density at radius 3 is 2.58 bits per heavy atom. The van der Waals surface area contributed by atoms with Crippen LogP contribution in [0.2, 0.25) is 0 Å². The van der Waals surface area contributed by atoms with Crippen LogP contribution in [0.4, 0.5) is 0 Å². The van der Waals surface area contributed by atoms with E-state index in [-0.39, 0.29) is 6.04 Å². The second-order valence-corrected chi connectivity index (χ2v) is 4.50. The number of aromatic nitrogens is 3. The largest absolute Gasteiger partial charge is 0.481 e. The van der Waals surface area contributed by atoms with E-state index in [9.17, 15) is 0 Å². The van der Waals surface area contributed by atoms with Gasteiger partial charge >= 0.3 is 0 Å². The SMILES string of the molecule is COc1ccc(Cc2ncc([C@H](C)N)c(C)n2)cn1.